The van der Waals surface area contributed by atoms with Gasteiger partial charge in [0.25, 0.3) is 5.91 Å². The summed E-state index contributed by atoms with van der Waals surface area (Å²) in [4.78, 5) is 12.5. The Balaban J connectivity index is 1.75. The molecule has 0 aliphatic rings. The van der Waals surface area contributed by atoms with Crippen LogP contribution in [0.2, 0.25) is 0 Å². The molecule has 0 spiro atoms. The molecule has 1 amide bonds. The van der Waals surface area contributed by atoms with E-state index in [4.69, 9.17) is 13.8 Å². The van der Waals surface area contributed by atoms with Crippen LogP contribution in [-0.4, -0.2) is 19.1 Å². The predicted octanol–water partition coefficient (Wildman–Crippen LogP) is 8.19. The van der Waals surface area contributed by atoms with Gasteiger partial charge in [-0.25, -0.2) is 0 Å². The van der Waals surface area contributed by atoms with E-state index < -0.39 is 18.1 Å². The van der Waals surface area contributed by atoms with Gasteiger partial charge in [-0.05, 0) is 55.1 Å². The van der Waals surface area contributed by atoms with Gasteiger partial charge >= 0.3 is 13.3 Å². The van der Waals surface area contributed by atoms with E-state index in [0.717, 1.165) is 16.9 Å². The summed E-state index contributed by atoms with van der Waals surface area (Å²) in [6, 6.07) is 23.0. The lowest BCUT2D eigenvalue weighted by atomic mass is 10.1. The molecule has 0 aliphatic heterocycles. The fourth-order valence-corrected chi connectivity index (χ4v) is 6.91. The molecule has 6 nitrogen and oxygen atoms in total. The summed E-state index contributed by atoms with van der Waals surface area (Å²) in [6.45, 7) is 2.54. The molecule has 1 N–H and O–H groups in total. The number of halogens is 2. The molecule has 0 saturated heterocycles. The number of alkyl halides is 2. The van der Waals surface area contributed by atoms with Gasteiger partial charge in [0, 0.05) is 21.5 Å². The minimum Gasteiger partial charge on any atom is -0.372 e. The summed E-state index contributed by atoms with van der Waals surface area (Å²) >= 11 is 0.786. The minimum atomic E-state index is -4.85. The third-order valence-corrected chi connectivity index (χ3v) is 9.20. The van der Waals surface area contributed by atoms with Crippen LogP contribution in [0.1, 0.15) is 40.2 Å². The van der Waals surface area contributed by atoms with Crippen molar-refractivity contribution in [1.82, 2.24) is 0 Å². The van der Waals surface area contributed by atoms with Crippen molar-refractivity contribution in [2.75, 3.05) is 18.5 Å². The molecule has 4 aromatic rings. The second-order valence-corrected chi connectivity index (χ2v) is 11.4. The minimum absolute atomic E-state index is 0.139. The lowest BCUT2D eigenvalue weighted by Crippen LogP contribution is -2.19. The Morgan fingerprint density at radius 3 is 2.18 bits per heavy atom. The van der Waals surface area contributed by atoms with E-state index in [1.54, 1.807) is 42.5 Å². The zero-order chi connectivity index (χ0) is 27.2. The van der Waals surface area contributed by atoms with Crippen LogP contribution < -0.4 is 5.32 Å². The molecule has 0 unspecified atom stereocenters. The monoisotopic (exact) mass is 559 g/mol. The number of fused-ring (bicyclic) bond motifs is 1. The number of rotatable bonds is 12. The molecule has 10 heteroatoms. The van der Waals surface area contributed by atoms with Crippen molar-refractivity contribution in [3.63, 3.8) is 0 Å². The molecule has 3 aromatic carbocycles. The lowest BCUT2D eigenvalue weighted by Gasteiger charge is -2.25. The summed E-state index contributed by atoms with van der Waals surface area (Å²) in [7, 11) is -4.85. The first-order valence-corrected chi connectivity index (χ1v) is 14.5. The second-order valence-electron chi connectivity index (χ2n) is 8.29. The van der Waals surface area contributed by atoms with Crippen LogP contribution in [0.5, 0.6) is 0 Å². The largest absolute Gasteiger partial charge is 0.405 e. The molecule has 0 aliphatic carbocycles. The number of hydrogen-bond acceptors (Lipinski definition) is 6. The first kappa shape index (κ1) is 28.1. The van der Waals surface area contributed by atoms with Gasteiger partial charge in [0.1, 0.15) is 0 Å². The molecule has 0 radical (unpaired) electrons. The van der Waals surface area contributed by atoms with Gasteiger partial charge in [-0.2, -0.15) is 8.78 Å². The van der Waals surface area contributed by atoms with E-state index in [9.17, 15) is 9.36 Å². The third kappa shape index (κ3) is 6.03. The molecule has 1 aromatic heterocycles. The number of para-hydroxylation sites is 1. The van der Waals surface area contributed by atoms with Crippen LogP contribution in [0.4, 0.5) is 14.5 Å². The number of amides is 1. The van der Waals surface area contributed by atoms with Gasteiger partial charge in [-0.15, -0.1) is 11.3 Å². The first-order chi connectivity index (χ1) is 18.3. The van der Waals surface area contributed by atoms with Crippen LogP contribution in [0, 0.1) is 0 Å². The van der Waals surface area contributed by atoms with Crippen LogP contribution >= 0.6 is 18.9 Å². The summed E-state index contributed by atoms with van der Waals surface area (Å²) in [5, 5.41) is 3.22. The first-order valence-electron chi connectivity index (χ1n) is 12.1. The number of ether oxygens (including phenoxy) is 1. The fraction of sp³-hybridized carbons (Fsp3) is 0.250. The van der Waals surface area contributed by atoms with Gasteiger partial charge in [-0.1, -0.05) is 48.5 Å². The van der Waals surface area contributed by atoms with Crippen molar-refractivity contribution in [2.24, 2.45) is 0 Å². The standard InChI is InChI=1S/C28H28F2NO5PS/c1-3-35-37(33,36-4-2)28(29,30)26-24(19-34-18-20-11-7-5-8-12-20)23-17-21(15-16-25(23)38-26)27(32)31-22-13-9-6-10-14-22/h5-17H,3-4,18-19H2,1-2H3,(H,31,32). The zero-order valence-electron chi connectivity index (χ0n) is 21.0. The van der Waals surface area contributed by atoms with Crippen LogP contribution in [-0.2, 0) is 37.2 Å². The Labute approximate surface area is 224 Å². The molecule has 4 rings (SSSR count). The fourth-order valence-electron chi connectivity index (χ4n) is 3.91. The maximum Gasteiger partial charge on any atom is 0.405 e. The average molecular weight is 560 g/mol. The number of benzene rings is 3. The van der Waals surface area contributed by atoms with Crippen LogP contribution in [0.25, 0.3) is 10.1 Å². The summed E-state index contributed by atoms with van der Waals surface area (Å²) in [6.07, 6.45) is 0. The van der Waals surface area contributed by atoms with Gasteiger partial charge in [-0.3, -0.25) is 9.36 Å². The third-order valence-electron chi connectivity index (χ3n) is 5.66. The van der Waals surface area contributed by atoms with E-state index in [0.29, 0.717) is 15.8 Å². The molecule has 0 atom stereocenters. The SMILES string of the molecule is CCOP(=O)(OCC)C(F)(F)c1sc2ccc(C(=O)Nc3ccccc3)cc2c1COCc1ccccc1. The van der Waals surface area contributed by atoms with Gasteiger partial charge in [0.2, 0.25) is 0 Å². The maximum atomic E-state index is 15.9. The van der Waals surface area contributed by atoms with Gasteiger partial charge in [0.15, 0.2) is 0 Å². The number of thiophene rings is 1. The molecule has 1 heterocycles. The van der Waals surface area contributed by atoms with E-state index in [1.165, 1.54) is 13.8 Å². The van der Waals surface area contributed by atoms with E-state index in [1.807, 2.05) is 36.4 Å². The Kier molecular flexibility index (Phi) is 9.07. The number of carbonyl (C=O) groups is 1. The highest BCUT2D eigenvalue weighted by Gasteiger charge is 2.57. The Morgan fingerprint density at radius 2 is 1.55 bits per heavy atom. The highest BCUT2D eigenvalue weighted by atomic mass is 32.1. The smallest absolute Gasteiger partial charge is 0.372 e. The topological polar surface area (TPSA) is 73.9 Å². The molecular weight excluding hydrogens is 531 g/mol. The second kappa shape index (κ2) is 12.3. The zero-order valence-corrected chi connectivity index (χ0v) is 22.7. The van der Waals surface area contributed by atoms with Crippen molar-refractivity contribution in [3.8, 4) is 0 Å². The Morgan fingerprint density at radius 1 is 0.921 bits per heavy atom. The maximum absolute atomic E-state index is 15.9. The van der Waals surface area contributed by atoms with Crippen molar-refractivity contribution < 1.29 is 31.9 Å². The van der Waals surface area contributed by atoms with Crippen molar-refractivity contribution >= 4 is 40.6 Å². The average Bonchev–Trinajstić information content (AvgIpc) is 3.28. The van der Waals surface area contributed by atoms with E-state index >= 15 is 8.78 Å². The summed E-state index contributed by atoms with van der Waals surface area (Å²) in [5.74, 6) is -0.386. The van der Waals surface area contributed by atoms with Crippen molar-refractivity contribution in [2.45, 2.75) is 32.7 Å². The van der Waals surface area contributed by atoms with Crippen molar-refractivity contribution in [3.05, 3.63) is 100 Å². The molecule has 200 valence electrons. The summed E-state index contributed by atoms with van der Waals surface area (Å²) in [5.41, 5.74) is -2.02. The highest BCUT2D eigenvalue weighted by Crippen LogP contribution is 2.68. The lowest BCUT2D eigenvalue weighted by molar-refractivity contribution is 0.0357. The number of nitrogens with one attached hydrogen (secondary N) is 1. The quantitative estimate of drug-likeness (QED) is 0.177. The normalized spacial score (nSPS) is 12.1. The molecule has 0 saturated carbocycles. The van der Waals surface area contributed by atoms with Crippen LogP contribution in [0.3, 0.4) is 0 Å². The Hall–Kier alpha value is -2.94. The highest BCUT2D eigenvalue weighted by molar-refractivity contribution is 7.55. The van der Waals surface area contributed by atoms with Gasteiger partial charge < -0.3 is 19.1 Å². The van der Waals surface area contributed by atoms with Crippen molar-refractivity contribution in [1.29, 1.82) is 0 Å². The van der Waals surface area contributed by atoms with E-state index in [-0.39, 0.29) is 43.5 Å². The molecule has 0 fully saturated rings. The summed E-state index contributed by atoms with van der Waals surface area (Å²) < 4.78 is 61.5. The molecular formula is C28H28F2NO5PS. The number of carbonyl (C=O) groups excluding carboxylic acids is 1. The molecule has 38 heavy (non-hydrogen) atoms. The Bertz CT molecular complexity index is 1420. The van der Waals surface area contributed by atoms with E-state index in [2.05, 4.69) is 5.32 Å². The van der Waals surface area contributed by atoms with Gasteiger partial charge in [0.05, 0.1) is 31.3 Å². The van der Waals surface area contributed by atoms with Crippen LogP contribution in [0.15, 0.2) is 78.9 Å². The predicted molar refractivity (Wildman–Crippen MR) is 146 cm³/mol. The molecule has 0 bridgehead atoms. The number of anilines is 1. The number of hydrogen-bond donors (Lipinski definition) is 1.